The van der Waals surface area contributed by atoms with Crippen LogP contribution in [0.15, 0.2) is 48.8 Å². The smallest absolute Gasteiger partial charge is 0.230 e. The lowest BCUT2D eigenvalue weighted by Gasteiger charge is -2.08. The number of fused-ring (bicyclic) bond motifs is 1. The maximum atomic E-state index is 9.68. The molecular weight excluding hydrogens is 240 g/mol. The Bertz CT molecular complexity index is 736. The van der Waals surface area contributed by atoms with Gasteiger partial charge in [-0.15, -0.1) is 0 Å². The van der Waals surface area contributed by atoms with E-state index >= 15 is 0 Å². The highest BCUT2D eigenvalue weighted by atomic mass is 16.5. The summed E-state index contributed by atoms with van der Waals surface area (Å²) in [5.41, 5.74) is 1.63. The van der Waals surface area contributed by atoms with Crippen molar-refractivity contribution in [2.75, 3.05) is 0 Å². The number of phenols is 1. The zero-order valence-corrected chi connectivity index (χ0v) is 10.4. The van der Waals surface area contributed by atoms with Crippen LogP contribution in [-0.4, -0.2) is 15.1 Å². The van der Waals surface area contributed by atoms with Crippen LogP contribution in [0, 0.1) is 6.92 Å². The van der Waals surface area contributed by atoms with Crippen molar-refractivity contribution in [2.45, 2.75) is 6.92 Å². The highest BCUT2D eigenvalue weighted by Gasteiger charge is 2.06. The predicted octanol–water partition coefficient (Wildman–Crippen LogP) is 3.44. The van der Waals surface area contributed by atoms with Gasteiger partial charge in [0.15, 0.2) is 0 Å². The molecule has 3 aromatic rings. The molecule has 0 bridgehead atoms. The first-order chi connectivity index (χ1) is 9.24. The molecule has 3 rings (SSSR count). The average Bonchev–Trinajstić information content (AvgIpc) is 2.43. The molecule has 0 aliphatic heterocycles. The number of nitrogens with zero attached hydrogens (tertiary/aromatic N) is 2. The first kappa shape index (κ1) is 11.5. The second-order valence-electron chi connectivity index (χ2n) is 4.25. The summed E-state index contributed by atoms with van der Waals surface area (Å²) in [6.45, 7) is 1.83. The van der Waals surface area contributed by atoms with Crippen molar-refractivity contribution in [3.05, 3.63) is 54.4 Å². The topological polar surface area (TPSA) is 55.2 Å². The minimum absolute atomic E-state index is 0.205. The summed E-state index contributed by atoms with van der Waals surface area (Å²) in [6.07, 6.45) is 1.46. The van der Waals surface area contributed by atoms with Crippen LogP contribution in [0.5, 0.6) is 17.4 Å². The molecule has 0 fully saturated rings. The SMILES string of the molecule is Cc1ccc(Oc2ncnc3ccccc23)cc1O. The van der Waals surface area contributed by atoms with E-state index in [1.807, 2.05) is 31.2 Å². The third-order valence-electron chi connectivity index (χ3n) is 2.90. The summed E-state index contributed by atoms with van der Waals surface area (Å²) < 4.78 is 5.72. The van der Waals surface area contributed by atoms with Crippen molar-refractivity contribution in [1.82, 2.24) is 9.97 Å². The minimum Gasteiger partial charge on any atom is -0.508 e. The lowest BCUT2D eigenvalue weighted by molar-refractivity contribution is 0.446. The van der Waals surface area contributed by atoms with Gasteiger partial charge in [0, 0.05) is 6.07 Å². The van der Waals surface area contributed by atoms with Crippen LogP contribution in [0.25, 0.3) is 10.9 Å². The van der Waals surface area contributed by atoms with Gasteiger partial charge in [0.1, 0.15) is 17.8 Å². The van der Waals surface area contributed by atoms with Crippen LogP contribution in [0.2, 0.25) is 0 Å². The lowest BCUT2D eigenvalue weighted by Crippen LogP contribution is -1.91. The van der Waals surface area contributed by atoms with Gasteiger partial charge in [-0.3, -0.25) is 0 Å². The standard InChI is InChI=1S/C15H12N2O2/c1-10-6-7-11(8-14(10)18)19-15-12-4-2-3-5-13(12)16-9-17-15/h2-9,18H,1H3. The fraction of sp³-hybridized carbons (Fsp3) is 0.0667. The molecule has 1 aromatic heterocycles. The number of para-hydroxylation sites is 1. The average molecular weight is 252 g/mol. The van der Waals surface area contributed by atoms with Gasteiger partial charge >= 0.3 is 0 Å². The Morgan fingerprint density at radius 2 is 1.89 bits per heavy atom. The van der Waals surface area contributed by atoms with Crippen molar-refractivity contribution in [1.29, 1.82) is 0 Å². The van der Waals surface area contributed by atoms with Crippen LogP contribution in [-0.2, 0) is 0 Å². The molecule has 0 atom stereocenters. The quantitative estimate of drug-likeness (QED) is 0.759. The van der Waals surface area contributed by atoms with E-state index in [9.17, 15) is 5.11 Å². The number of aromatic hydroxyl groups is 1. The Hall–Kier alpha value is -2.62. The molecule has 0 radical (unpaired) electrons. The van der Waals surface area contributed by atoms with Crippen LogP contribution in [0.3, 0.4) is 0 Å². The first-order valence-electron chi connectivity index (χ1n) is 5.91. The molecule has 0 saturated carbocycles. The number of ether oxygens (including phenoxy) is 1. The Balaban J connectivity index is 2.03. The molecule has 0 spiro atoms. The minimum atomic E-state index is 0.205. The Labute approximate surface area is 110 Å². The largest absolute Gasteiger partial charge is 0.508 e. The fourth-order valence-electron chi connectivity index (χ4n) is 1.83. The summed E-state index contributed by atoms with van der Waals surface area (Å²) in [4.78, 5) is 8.31. The van der Waals surface area contributed by atoms with E-state index in [0.29, 0.717) is 11.6 Å². The summed E-state index contributed by atoms with van der Waals surface area (Å²) in [5.74, 6) is 1.23. The molecule has 2 aromatic carbocycles. The van der Waals surface area contributed by atoms with Crippen molar-refractivity contribution in [2.24, 2.45) is 0 Å². The molecule has 0 unspecified atom stereocenters. The van der Waals surface area contributed by atoms with E-state index in [4.69, 9.17) is 4.74 Å². The monoisotopic (exact) mass is 252 g/mol. The van der Waals surface area contributed by atoms with Crippen LogP contribution in [0.4, 0.5) is 0 Å². The van der Waals surface area contributed by atoms with E-state index in [-0.39, 0.29) is 5.75 Å². The predicted molar refractivity (Wildman–Crippen MR) is 72.5 cm³/mol. The zero-order chi connectivity index (χ0) is 13.2. The molecular formula is C15H12N2O2. The summed E-state index contributed by atoms with van der Waals surface area (Å²) in [5, 5.41) is 10.5. The maximum Gasteiger partial charge on any atom is 0.230 e. The van der Waals surface area contributed by atoms with Gasteiger partial charge in [0.25, 0.3) is 0 Å². The van der Waals surface area contributed by atoms with Gasteiger partial charge < -0.3 is 9.84 Å². The molecule has 4 nitrogen and oxygen atoms in total. The van der Waals surface area contributed by atoms with E-state index < -0.39 is 0 Å². The molecule has 0 aliphatic carbocycles. The van der Waals surface area contributed by atoms with Crippen LogP contribution < -0.4 is 4.74 Å². The maximum absolute atomic E-state index is 9.68. The van der Waals surface area contributed by atoms with Gasteiger partial charge in [-0.05, 0) is 30.7 Å². The summed E-state index contributed by atoms with van der Waals surface area (Å²) in [7, 11) is 0. The van der Waals surface area contributed by atoms with E-state index in [2.05, 4.69) is 9.97 Å². The Kier molecular flexibility index (Phi) is 2.76. The number of benzene rings is 2. The highest BCUT2D eigenvalue weighted by molar-refractivity contribution is 5.83. The first-order valence-corrected chi connectivity index (χ1v) is 5.91. The summed E-state index contributed by atoms with van der Waals surface area (Å²) >= 11 is 0. The van der Waals surface area contributed by atoms with Gasteiger partial charge in [-0.1, -0.05) is 18.2 Å². The Morgan fingerprint density at radius 3 is 2.74 bits per heavy atom. The molecule has 1 N–H and O–H groups in total. The number of hydrogen-bond donors (Lipinski definition) is 1. The third kappa shape index (κ3) is 2.20. The van der Waals surface area contributed by atoms with Gasteiger partial charge in [0.05, 0.1) is 10.9 Å². The third-order valence-corrected chi connectivity index (χ3v) is 2.90. The van der Waals surface area contributed by atoms with Crippen LogP contribution >= 0.6 is 0 Å². The molecule has 94 valence electrons. The Morgan fingerprint density at radius 1 is 1.05 bits per heavy atom. The van der Waals surface area contributed by atoms with Gasteiger partial charge in [0.2, 0.25) is 5.88 Å². The molecule has 1 heterocycles. The lowest BCUT2D eigenvalue weighted by atomic mass is 10.2. The van der Waals surface area contributed by atoms with E-state index in [1.54, 1.807) is 18.2 Å². The second-order valence-corrected chi connectivity index (χ2v) is 4.25. The molecule has 19 heavy (non-hydrogen) atoms. The van der Waals surface area contributed by atoms with E-state index in [0.717, 1.165) is 16.5 Å². The van der Waals surface area contributed by atoms with Crippen LogP contribution in [0.1, 0.15) is 5.56 Å². The van der Waals surface area contributed by atoms with E-state index in [1.165, 1.54) is 6.33 Å². The van der Waals surface area contributed by atoms with Gasteiger partial charge in [-0.25, -0.2) is 9.97 Å². The molecule has 4 heteroatoms. The number of phenolic OH excluding ortho intramolecular Hbond substituents is 1. The normalized spacial score (nSPS) is 10.6. The van der Waals surface area contributed by atoms with Crippen molar-refractivity contribution >= 4 is 10.9 Å². The second kappa shape index (κ2) is 4.57. The highest BCUT2D eigenvalue weighted by Crippen LogP contribution is 2.29. The molecule has 0 saturated heterocycles. The van der Waals surface area contributed by atoms with Crippen molar-refractivity contribution in [3.63, 3.8) is 0 Å². The number of aryl methyl sites for hydroxylation is 1. The molecule has 0 aliphatic rings. The summed E-state index contributed by atoms with van der Waals surface area (Å²) in [6, 6.07) is 12.8. The number of aromatic nitrogens is 2. The number of hydrogen-bond acceptors (Lipinski definition) is 4. The fourth-order valence-corrected chi connectivity index (χ4v) is 1.83. The van der Waals surface area contributed by atoms with Crippen molar-refractivity contribution < 1.29 is 9.84 Å². The molecule has 0 amide bonds. The zero-order valence-electron chi connectivity index (χ0n) is 10.4. The van der Waals surface area contributed by atoms with Crippen molar-refractivity contribution in [3.8, 4) is 17.4 Å². The number of rotatable bonds is 2. The van der Waals surface area contributed by atoms with Gasteiger partial charge in [-0.2, -0.15) is 0 Å².